The second kappa shape index (κ2) is 5.57. The van der Waals surface area contributed by atoms with Crippen molar-refractivity contribution < 1.29 is 14.1 Å². The highest BCUT2D eigenvalue weighted by atomic mass is 79.9. The van der Waals surface area contributed by atoms with Crippen LogP contribution in [0.25, 0.3) is 0 Å². The molecule has 0 amide bonds. The number of fused-ring (bicyclic) bond motifs is 2. The highest BCUT2D eigenvalue weighted by Crippen LogP contribution is 2.63. The lowest BCUT2D eigenvalue weighted by atomic mass is 9.44. The van der Waals surface area contributed by atoms with Gasteiger partial charge in [0.25, 0.3) is 0 Å². The molecule has 120 valence electrons. The summed E-state index contributed by atoms with van der Waals surface area (Å²) in [4.78, 5) is 0. The first-order valence-electron chi connectivity index (χ1n) is 7.65. The van der Waals surface area contributed by atoms with Gasteiger partial charge in [0.2, 0.25) is 0 Å². The van der Waals surface area contributed by atoms with E-state index in [2.05, 4.69) is 52.6 Å². The smallest absolute Gasteiger partial charge is 0.423 e. The van der Waals surface area contributed by atoms with Crippen LogP contribution in [0.4, 0.5) is 4.39 Å². The Hall–Kier alpha value is 0.0949. The van der Waals surface area contributed by atoms with Crippen molar-refractivity contribution in [3.8, 4) is 0 Å². The molecule has 0 aliphatic heterocycles. The zero-order valence-electron chi connectivity index (χ0n) is 13.0. The van der Waals surface area contributed by atoms with E-state index >= 15 is 0 Å². The van der Waals surface area contributed by atoms with E-state index in [0.29, 0.717) is 20.3 Å². The van der Waals surface area contributed by atoms with Gasteiger partial charge in [-0.15, -0.1) is 0 Å². The van der Waals surface area contributed by atoms with Gasteiger partial charge in [-0.1, -0.05) is 29.8 Å². The maximum atomic E-state index is 13.8. The lowest BCUT2D eigenvalue weighted by molar-refractivity contribution is -0.185. The minimum Gasteiger partial charge on any atom is -0.423 e. The summed E-state index contributed by atoms with van der Waals surface area (Å²) in [7, 11) is -1.13. The molecular weight excluding hydrogens is 414 g/mol. The Balaban J connectivity index is 1.82. The third kappa shape index (κ3) is 2.60. The molecule has 1 N–H and O–H groups in total. The van der Waals surface area contributed by atoms with E-state index < -0.39 is 12.9 Å². The average Bonchev–Trinajstić information content (AvgIpc) is 2.41. The number of hydrogen-bond donors (Lipinski definition) is 1. The van der Waals surface area contributed by atoms with E-state index in [4.69, 9.17) is 4.65 Å². The Morgan fingerprint density at radius 3 is 2.55 bits per heavy atom. The van der Waals surface area contributed by atoms with E-state index in [-0.39, 0.29) is 11.0 Å². The molecule has 0 radical (unpaired) electrons. The van der Waals surface area contributed by atoms with Gasteiger partial charge in [-0.3, -0.25) is 0 Å². The van der Waals surface area contributed by atoms with Gasteiger partial charge < -0.3 is 9.68 Å². The fourth-order valence-electron chi connectivity index (χ4n) is 4.36. The number of rotatable bonds is 3. The molecule has 0 spiro atoms. The van der Waals surface area contributed by atoms with Crippen molar-refractivity contribution in [3.63, 3.8) is 0 Å². The monoisotopic (exact) mass is 432 g/mol. The Bertz CT molecular complexity index is 608. The Kier molecular flexibility index (Phi) is 4.29. The number of halogens is 3. The molecule has 0 aromatic heterocycles. The molecule has 6 heteroatoms. The first-order chi connectivity index (χ1) is 10.1. The van der Waals surface area contributed by atoms with Gasteiger partial charge in [-0.05, 0) is 77.0 Å². The summed E-state index contributed by atoms with van der Waals surface area (Å²) in [6.07, 6.45) is 3.23. The Morgan fingerprint density at radius 1 is 1.27 bits per heavy atom. The molecule has 3 fully saturated rings. The van der Waals surface area contributed by atoms with Crippen LogP contribution in [0.15, 0.2) is 21.1 Å². The predicted octanol–water partition coefficient (Wildman–Crippen LogP) is 4.27. The van der Waals surface area contributed by atoms with Crippen molar-refractivity contribution in [1.29, 1.82) is 0 Å². The SMILES string of the molecule is CC1(OB(O)c2cc(F)c(Br)cc2Br)CCC2CC1C2(C)C. The van der Waals surface area contributed by atoms with Crippen molar-refractivity contribution in [2.75, 3.05) is 0 Å². The maximum Gasteiger partial charge on any atom is 0.492 e. The molecule has 1 aromatic rings. The lowest BCUT2D eigenvalue weighted by Gasteiger charge is -2.64. The van der Waals surface area contributed by atoms with Crippen molar-refractivity contribution >= 4 is 44.4 Å². The molecule has 2 nitrogen and oxygen atoms in total. The van der Waals surface area contributed by atoms with Crippen LogP contribution < -0.4 is 5.46 Å². The van der Waals surface area contributed by atoms with E-state index in [9.17, 15) is 9.41 Å². The molecule has 0 heterocycles. The van der Waals surface area contributed by atoms with Gasteiger partial charge in [0.05, 0.1) is 10.1 Å². The molecular formula is C16H20BBr2FO2. The summed E-state index contributed by atoms with van der Waals surface area (Å²) in [5.41, 5.74) is 0.330. The van der Waals surface area contributed by atoms with E-state index in [0.717, 1.165) is 25.2 Å². The van der Waals surface area contributed by atoms with E-state index in [1.807, 2.05) is 0 Å². The van der Waals surface area contributed by atoms with Crippen LogP contribution in [0.2, 0.25) is 0 Å². The molecule has 3 unspecified atom stereocenters. The van der Waals surface area contributed by atoms with Crippen LogP contribution in [-0.2, 0) is 4.65 Å². The zero-order valence-corrected chi connectivity index (χ0v) is 16.2. The quantitative estimate of drug-likeness (QED) is 0.569. The van der Waals surface area contributed by atoms with Crippen molar-refractivity contribution in [2.45, 2.75) is 45.6 Å². The Labute approximate surface area is 148 Å². The van der Waals surface area contributed by atoms with E-state index in [1.165, 1.54) is 6.07 Å². The maximum absolute atomic E-state index is 13.8. The fourth-order valence-corrected chi connectivity index (χ4v) is 5.55. The second-order valence-corrected chi connectivity index (χ2v) is 9.12. The summed E-state index contributed by atoms with van der Waals surface area (Å²) in [6.45, 7) is 6.66. The van der Waals surface area contributed by atoms with Gasteiger partial charge in [-0.25, -0.2) is 4.39 Å². The van der Waals surface area contributed by atoms with Crippen molar-refractivity contribution in [2.24, 2.45) is 17.3 Å². The summed E-state index contributed by atoms with van der Waals surface area (Å²) >= 11 is 6.52. The second-order valence-electron chi connectivity index (χ2n) is 7.42. The summed E-state index contributed by atoms with van der Waals surface area (Å²) in [5.74, 6) is 0.800. The fraction of sp³-hybridized carbons (Fsp3) is 0.625. The third-order valence-electron chi connectivity index (χ3n) is 5.88. The molecule has 4 rings (SSSR count). The minimum absolute atomic E-state index is 0.259. The van der Waals surface area contributed by atoms with Crippen LogP contribution in [0.1, 0.15) is 40.0 Å². The van der Waals surface area contributed by atoms with Crippen molar-refractivity contribution in [1.82, 2.24) is 0 Å². The van der Waals surface area contributed by atoms with Gasteiger partial charge in [0.1, 0.15) is 5.82 Å². The zero-order chi connectivity index (χ0) is 16.3. The molecule has 2 bridgehead atoms. The highest BCUT2D eigenvalue weighted by molar-refractivity contribution is 9.11. The van der Waals surface area contributed by atoms with Gasteiger partial charge in [0.15, 0.2) is 0 Å². The lowest BCUT2D eigenvalue weighted by Crippen LogP contribution is -2.63. The van der Waals surface area contributed by atoms with E-state index in [1.54, 1.807) is 6.07 Å². The van der Waals surface area contributed by atoms with Crippen LogP contribution in [-0.4, -0.2) is 17.7 Å². The van der Waals surface area contributed by atoms with Gasteiger partial charge in [-0.2, -0.15) is 0 Å². The topological polar surface area (TPSA) is 29.5 Å². The summed E-state index contributed by atoms with van der Waals surface area (Å²) < 4.78 is 20.8. The van der Waals surface area contributed by atoms with Crippen LogP contribution in [0, 0.1) is 23.1 Å². The van der Waals surface area contributed by atoms with Crippen LogP contribution in [0.5, 0.6) is 0 Å². The summed E-state index contributed by atoms with van der Waals surface area (Å²) in [5, 5.41) is 10.5. The number of hydrogen-bond acceptors (Lipinski definition) is 2. The molecule has 1 aromatic carbocycles. The van der Waals surface area contributed by atoms with Gasteiger partial charge in [0, 0.05) is 4.47 Å². The number of benzene rings is 1. The highest BCUT2D eigenvalue weighted by Gasteiger charge is 2.60. The van der Waals surface area contributed by atoms with Gasteiger partial charge >= 0.3 is 7.12 Å². The van der Waals surface area contributed by atoms with Crippen LogP contribution >= 0.6 is 31.9 Å². The molecule has 3 atom stereocenters. The molecule has 3 aliphatic carbocycles. The summed E-state index contributed by atoms with van der Waals surface area (Å²) in [6, 6.07) is 2.92. The molecule has 0 saturated heterocycles. The normalized spacial score (nSPS) is 32.5. The Morgan fingerprint density at radius 2 is 1.95 bits per heavy atom. The molecule has 3 saturated carbocycles. The largest absolute Gasteiger partial charge is 0.492 e. The average molecular weight is 434 g/mol. The molecule has 22 heavy (non-hydrogen) atoms. The first-order valence-corrected chi connectivity index (χ1v) is 9.24. The van der Waals surface area contributed by atoms with Crippen LogP contribution in [0.3, 0.4) is 0 Å². The minimum atomic E-state index is -1.13. The predicted molar refractivity (Wildman–Crippen MR) is 93.5 cm³/mol. The first kappa shape index (κ1) is 16.9. The third-order valence-corrected chi connectivity index (χ3v) is 7.18. The molecule has 3 aliphatic rings. The van der Waals surface area contributed by atoms with Crippen molar-refractivity contribution in [3.05, 3.63) is 26.9 Å². The standard InChI is InChI=1S/C16H20BBr2FO2/c1-15(2)9-4-5-16(3,14(15)6-9)22-17(21)10-7-13(20)12(19)8-11(10)18/h7-9,14,21H,4-6H2,1-3H3.